The Kier molecular flexibility index (Phi) is 9.40. The van der Waals surface area contributed by atoms with Crippen LogP contribution < -0.4 is 0 Å². The predicted molar refractivity (Wildman–Crippen MR) is 169 cm³/mol. The predicted octanol–water partition coefficient (Wildman–Crippen LogP) is 9.33. The number of hydrogen-bond acceptors (Lipinski definition) is 2. The summed E-state index contributed by atoms with van der Waals surface area (Å²) in [6.45, 7) is 6.82. The summed E-state index contributed by atoms with van der Waals surface area (Å²) in [4.78, 5) is 16.2. The van der Waals surface area contributed by atoms with E-state index in [4.69, 9.17) is 4.74 Å². The van der Waals surface area contributed by atoms with Crippen molar-refractivity contribution in [2.24, 2.45) is 0 Å². The van der Waals surface area contributed by atoms with Gasteiger partial charge in [0.15, 0.2) is 0 Å². The fourth-order valence-corrected chi connectivity index (χ4v) is 12.8. The maximum Gasteiger partial charge on any atom is 0.410 e. The number of amides is 1. The lowest BCUT2D eigenvalue weighted by molar-refractivity contribution is 0.0204. The van der Waals surface area contributed by atoms with Crippen LogP contribution in [0.4, 0.5) is 4.79 Å². The van der Waals surface area contributed by atoms with Crippen LogP contribution in [0.5, 0.6) is 0 Å². The van der Waals surface area contributed by atoms with Gasteiger partial charge in [0.25, 0.3) is 0 Å². The summed E-state index contributed by atoms with van der Waals surface area (Å²) in [5.41, 5.74) is 4.30. The van der Waals surface area contributed by atoms with E-state index >= 15 is 0 Å². The third kappa shape index (κ3) is 6.57. The highest BCUT2D eigenvalue weighted by molar-refractivity contribution is 7.60. The second-order valence-corrected chi connectivity index (χ2v) is 17.2. The monoisotopic (exact) mass is 565 g/mol. The Morgan fingerprint density at radius 1 is 0.769 bits per heavy atom. The molecule has 1 aliphatic heterocycles. The van der Waals surface area contributed by atoms with E-state index in [1.165, 1.54) is 75.3 Å². The molecule has 1 saturated heterocycles. The van der Waals surface area contributed by atoms with Crippen LogP contribution >= 0.6 is 17.2 Å². The third-order valence-corrected chi connectivity index (χ3v) is 14.3. The van der Waals surface area contributed by atoms with Crippen molar-refractivity contribution >= 4 is 23.3 Å². The second-order valence-electron chi connectivity index (χ2n) is 13.2. The molecule has 3 atom stereocenters. The summed E-state index contributed by atoms with van der Waals surface area (Å²) in [7, 11) is 3.10. The molecule has 0 radical (unpaired) electrons. The smallest absolute Gasteiger partial charge is 0.410 e. The minimum Gasteiger partial charge on any atom is -0.444 e. The van der Waals surface area contributed by atoms with Crippen LogP contribution in [0.3, 0.4) is 0 Å². The van der Waals surface area contributed by atoms with E-state index < -0.39 is 10.8 Å². The second kappa shape index (κ2) is 12.6. The molecule has 3 fully saturated rings. The summed E-state index contributed by atoms with van der Waals surface area (Å²) in [5, 5.41) is -0.395. The first-order valence-electron chi connectivity index (χ1n) is 15.4. The Bertz CT molecular complexity index is 1000. The normalized spacial score (nSPS) is 23.8. The fraction of sp³-hybridized carbons (Fsp3) is 0.618. The highest BCUT2D eigenvalue weighted by Crippen LogP contribution is 2.63. The first kappa shape index (κ1) is 29.1. The van der Waals surface area contributed by atoms with E-state index in [2.05, 4.69) is 74.8 Å². The van der Waals surface area contributed by atoms with Crippen LogP contribution in [0.2, 0.25) is 0 Å². The van der Waals surface area contributed by atoms with E-state index in [0.717, 1.165) is 24.3 Å². The van der Waals surface area contributed by atoms with E-state index in [1.807, 2.05) is 20.8 Å². The number of nitrogens with zero attached hydrogens (tertiary/aromatic N) is 1. The molecule has 2 saturated carbocycles. The minimum absolute atomic E-state index is 0.0318. The maximum absolute atomic E-state index is 14.0. The van der Waals surface area contributed by atoms with Crippen LogP contribution in [0.1, 0.15) is 103 Å². The molecule has 3 aliphatic rings. The molecule has 3 unspecified atom stereocenters. The van der Waals surface area contributed by atoms with Crippen LogP contribution in [0.25, 0.3) is 0 Å². The van der Waals surface area contributed by atoms with Crippen molar-refractivity contribution in [2.75, 3.05) is 6.54 Å². The van der Waals surface area contributed by atoms with Crippen molar-refractivity contribution in [2.45, 2.75) is 125 Å². The van der Waals surface area contributed by atoms with Gasteiger partial charge in [-0.1, -0.05) is 107 Å². The Morgan fingerprint density at radius 2 is 1.23 bits per heavy atom. The van der Waals surface area contributed by atoms with Crippen molar-refractivity contribution < 1.29 is 9.53 Å². The zero-order valence-electron chi connectivity index (χ0n) is 24.4. The average Bonchev–Trinajstić information content (AvgIpc) is 3.40. The number of benzene rings is 2. The standard InChI is InChI=1S/C34H49NO2P2/c1-33(2,3)37-32(36)35-25-30(39(28-20-12-6-13-21-28)29-22-14-7-15-23-29)24-31(35)34(38,26-16-8-4-9-17-26)27-18-10-5-11-19-27/h4-5,8-11,16-19,28-31H,6-7,12-15,20-25,38H2,1-3H3. The first-order valence-corrected chi connectivity index (χ1v) is 17.6. The van der Waals surface area contributed by atoms with Gasteiger partial charge in [0.05, 0.1) is 11.2 Å². The molecule has 2 aromatic rings. The Balaban J connectivity index is 1.57. The molecule has 1 amide bonds. The number of ether oxygens (including phenoxy) is 1. The van der Waals surface area contributed by atoms with Gasteiger partial charge in [0.2, 0.25) is 0 Å². The highest BCUT2D eigenvalue weighted by atomic mass is 31.1. The minimum atomic E-state index is -0.514. The topological polar surface area (TPSA) is 29.5 Å². The molecule has 2 aromatic carbocycles. The van der Waals surface area contributed by atoms with Gasteiger partial charge in [-0.05, 0) is 81.0 Å². The van der Waals surface area contributed by atoms with Crippen LogP contribution in [-0.4, -0.2) is 46.2 Å². The molecule has 1 heterocycles. The maximum atomic E-state index is 14.0. The molecule has 5 rings (SSSR count). The van der Waals surface area contributed by atoms with Crippen molar-refractivity contribution in [3.05, 3.63) is 71.8 Å². The molecule has 212 valence electrons. The Morgan fingerprint density at radius 3 is 1.67 bits per heavy atom. The van der Waals surface area contributed by atoms with Crippen LogP contribution in [0, 0.1) is 0 Å². The van der Waals surface area contributed by atoms with Gasteiger partial charge in [0.1, 0.15) is 5.60 Å². The third-order valence-electron chi connectivity index (χ3n) is 9.35. The van der Waals surface area contributed by atoms with E-state index in [-0.39, 0.29) is 20.1 Å². The van der Waals surface area contributed by atoms with Gasteiger partial charge < -0.3 is 9.64 Å². The summed E-state index contributed by atoms with van der Waals surface area (Å²) in [6.07, 6.45) is 14.9. The zero-order valence-corrected chi connectivity index (χ0v) is 26.4. The lowest BCUT2D eigenvalue weighted by atomic mass is 9.82. The largest absolute Gasteiger partial charge is 0.444 e. The number of likely N-dealkylation sites (tertiary alicyclic amines) is 1. The van der Waals surface area contributed by atoms with Crippen molar-refractivity contribution in [1.82, 2.24) is 4.90 Å². The first-order chi connectivity index (χ1) is 18.8. The quantitative estimate of drug-likeness (QED) is 0.327. The lowest BCUT2D eigenvalue weighted by Gasteiger charge is -2.42. The van der Waals surface area contributed by atoms with Crippen molar-refractivity contribution in [3.8, 4) is 0 Å². The molecule has 2 aliphatic carbocycles. The van der Waals surface area contributed by atoms with E-state index in [1.54, 1.807) is 0 Å². The van der Waals surface area contributed by atoms with Crippen molar-refractivity contribution in [3.63, 3.8) is 0 Å². The summed E-state index contributed by atoms with van der Waals surface area (Å²) in [5.74, 6) is 0. The molecule has 0 bridgehead atoms. The summed E-state index contributed by atoms with van der Waals surface area (Å²) in [6, 6.07) is 21.7. The summed E-state index contributed by atoms with van der Waals surface area (Å²) >= 11 is 0. The Hall–Kier alpha value is -1.43. The molecule has 39 heavy (non-hydrogen) atoms. The molecule has 0 spiro atoms. The Labute approximate surface area is 240 Å². The number of carbonyl (C=O) groups excluding carboxylic acids is 1. The average molecular weight is 566 g/mol. The molecule has 0 N–H and O–H groups in total. The van der Waals surface area contributed by atoms with Gasteiger partial charge in [-0.3, -0.25) is 0 Å². The van der Waals surface area contributed by atoms with Crippen LogP contribution in [-0.2, 0) is 9.89 Å². The highest BCUT2D eigenvalue weighted by Gasteiger charge is 2.52. The fourth-order valence-electron chi connectivity index (χ4n) is 7.62. The molecule has 0 aromatic heterocycles. The molecule has 3 nitrogen and oxygen atoms in total. The van der Waals surface area contributed by atoms with E-state index in [0.29, 0.717) is 5.66 Å². The van der Waals surface area contributed by atoms with E-state index in [9.17, 15) is 4.79 Å². The summed E-state index contributed by atoms with van der Waals surface area (Å²) < 4.78 is 6.12. The van der Waals surface area contributed by atoms with Gasteiger partial charge in [-0.25, -0.2) is 4.79 Å². The number of carbonyl (C=O) groups is 1. The number of rotatable bonds is 6. The SMILES string of the molecule is CC(C)(C)OC(=O)N1CC(P(C2CCCCC2)C2CCCCC2)CC1C(P)(c1ccccc1)c1ccccc1. The van der Waals surface area contributed by atoms with Crippen molar-refractivity contribution in [1.29, 1.82) is 0 Å². The molecular weight excluding hydrogens is 516 g/mol. The van der Waals surface area contributed by atoms with Crippen LogP contribution in [0.15, 0.2) is 60.7 Å². The number of hydrogen-bond donors (Lipinski definition) is 0. The zero-order chi connectivity index (χ0) is 27.5. The molecular formula is C34H49NO2P2. The lowest BCUT2D eigenvalue weighted by Crippen LogP contribution is -2.48. The van der Waals surface area contributed by atoms with Gasteiger partial charge >= 0.3 is 6.09 Å². The van der Waals surface area contributed by atoms with Gasteiger partial charge in [-0.2, -0.15) is 0 Å². The van der Waals surface area contributed by atoms with Gasteiger partial charge in [-0.15, -0.1) is 9.24 Å². The van der Waals surface area contributed by atoms with Gasteiger partial charge in [0, 0.05) is 6.54 Å². The molecule has 5 heteroatoms.